The Morgan fingerprint density at radius 1 is 0.969 bits per heavy atom. The first-order valence-corrected chi connectivity index (χ1v) is 11.8. The highest BCUT2D eigenvalue weighted by molar-refractivity contribution is 5.93. The average molecular weight is 428 g/mol. The van der Waals surface area contributed by atoms with Gasteiger partial charge in [-0.25, -0.2) is 4.98 Å². The molecule has 2 aromatic carbocycles. The van der Waals surface area contributed by atoms with E-state index in [1.807, 2.05) is 0 Å². The summed E-state index contributed by atoms with van der Waals surface area (Å²) in [6, 6.07) is 19.6. The van der Waals surface area contributed by atoms with Gasteiger partial charge in [0.2, 0.25) is 0 Å². The number of hydrogen-bond donors (Lipinski definition) is 3. The van der Waals surface area contributed by atoms with Gasteiger partial charge in [0.1, 0.15) is 5.82 Å². The molecule has 1 aliphatic rings. The Bertz CT molecular complexity index is 1190. The Morgan fingerprint density at radius 2 is 1.72 bits per heavy atom. The van der Waals surface area contributed by atoms with E-state index in [0.717, 1.165) is 30.3 Å². The average Bonchev–Trinajstić information content (AvgIpc) is 3.23. The summed E-state index contributed by atoms with van der Waals surface area (Å²) in [7, 11) is 4.19. The predicted octanol–water partition coefficient (Wildman–Crippen LogP) is 5.54. The van der Waals surface area contributed by atoms with Gasteiger partial charge in [0, 0.05) is 60.9 Å². The van der Waals surface area contributed by atoms with Crippen molar-refractivity contribution < 1.29 is 0 Å². The monoisotopic (exact) mass is 427 g/mol. The van der Waals surface area contributed by atoms with Gasteiger partial charge in [-0.05, 0) is 55.8 Å². The second kappa shape index (κ2) is 9.21. The number of rotatable bonds is 7. The van der Waals surface area contributed by atoms with Crippen molar-refractivity contribution >= 4 is 33.3 Å². The minimum atomic E-state index is 0.503. The fourth-order valence-corrected chi connectivity index (χ4v) is 5.01. The SMILES string of the molecule is CN(C)c1cc(N[C@H]2CC[C@@H](CNCc3c[nH]c4ccccc34)CC2)nc2ccccc12. The summed E-state index contributed by atoms with van der Waals surface area (Å²) < 4.78 is 0. The maximum Gasteiger partial charge on any atom is 0.128 e. The smallest absolute Gasteiger partial charge is 0.128 e. The summed E-state index contributed by atoms with van der Waals surface area (Å²) >= 11 is 0. The number of aromatic amines is 1. The summed E-state index contributed by atoms with van der Waals surface area (Å²) in [5.41, 5.74) is 4.84. The predicted molar refractivity (Wildman–Crippen MR) is 135 cm³/mol. The molecule has 0 spiro atoms. The van der Waals surface area contributed by atoms with Crippen molar-refractivity contribution in [1.82, 2.24) is 15.3 Å². The van der Waals surface area contributed by atoms with Crippen LogP contribution in [0, 0.1) is 5.92 Å². The highest BCUT2D eigenvalue weighted by atomic mass is 15.1. The van der Waals surface area contributed by atoms with Crippen LogP contribution >= 0.6 is 0 Å². The molecule has 2 heterocycles. The molecule has 3 N–H and O–H groups in total. The zero-order valence-corrected chi connectivity index (χ0v) is 19.1. The molecule has 166 valence electrons. The number of H-pyrrole nitrogens is 1. The topological polar surface area (TPSA) is 56.0 Å². The molecule has 2 aromatic heterocycles. The first-order chi connectivity index (χ1) is 15.7. The molecule has 0 unspecified atom stereocenters. The van der Waals surface area contributed by atoms with E-state index in [1.165, 1.54) is 53.2 Å². The van der Waals surface area contributed by atoms with E-state index in [0.29, 0.717) is 6.04 Å². The van der Waals surface area contributed by atoms with Gasteiger partial charge in [-0.1, -0.05) is 36.4 Å². The second-order valence-electron chi connectivity index (χ2n) is 9.29. The highest BCUT2D eigenvalue weighted by Gasteiger charge is 2.21. The largest absolute Gasteiger partial charge is 0.377 e. The zero-order valence-electron chi connectivity index (χ0n) is 19.1. The van der Waals surface area contributed by atoms with Crippen LogP contribution in [0.25, 0.3) is 21.8 Å². The van der Waals surface area contributed by atoms with Gasteiger partial charge >= 0.3 is 0 Å². The fraction of sp³-hybridized carbons (Fsp3) is 0.370. The quantitative estimate of drug-likeness (QED) is 0.362. The molecule has 5 rings (SSSR count). The number of pyridine rings is 1. The van der Waals surface area contributed by atoms with E-state index < -0.39 is 0 Å². The molecule has 1 aliphatic carbocycles. The molecule has 0 radical (unpaired) electrons. The van der Waals surface area contributed by atoms with E-state index in [2.05, 4.69) is 95.4 Å². The van der Waals surface area contributed by atoms with Crippen molar-refractivity contribution in [2.75, 3.05) is 30.9 Å². The van der Waals surface area contributed by atoms with Crippen molar-refractivity contribution in [1.29, 1.82) is 0 Å². The standard InChI is InChI=1S/C27H33N5/c1-32(2)26-15-27(31-25-10-6-4-8-23(25)26)30-21-13-11-19(12-14-21)16-28-17-20-18-29-24-9-5-3-7-22(20)24/h3-10,15,18-19,21,28-29H,11-14,16-17H2,1-2H3,(H,30,31)/t19-,21+. The number of benzene rings is 2. The van der Waals surface area contributed by atoms with Crippen LogP contribution in [0.15, 0.2) is 60.8 Å². The third kappa shape index (κ3) is 4.44. The molecule has 1 fully saturated rings. The van der Waals surface area contributed by atoms with E-state index >= 15 is 0 Å². The van der Waals surface area contributed by atoms with Gasteiger partial charge in [-0.2, -0.15) is 0 Å². The molecular formula is C27H33N5. The van der Waals surface area contributed by atoms with Crippen LogP contribution in [0.3, 0.4) is 0 Å². The van der Waals surface area contributed by atoms with Crippen molar-refractivity contribution in [2.24, 2.45) is 5.92 Å². The fourth-order valence-electron chi connectivity index (χ4n) is 5.01. The van der Waals surface area contributed by atoms with Crippen LogP contribution in [-0.4, -0.2) is 36.6 Å². The number of nitrogens with zero attached hydrogens (tertiary/aromatic N) is 2. The number of nitrogens with one attached hydrogen (secondary N) is 3. The molecule has 4 aromatic rings. The number of aromatic nitrogens is 2. The molecule has 5 nitrogen and oxygen atoms in total. The lowest BCUT2D eigenvalue weighted by atomic mass is 9.86. The van der Waals surface area contributed by atoms with Crippen molar-refractivity contribution in [3.8, 4) is 0 Å². The molecule has 1 saturated carbocycles. The third-order valence-electron chi connectivity index (χ3n) is 6.80. The van der Waals surface area contributed by atoms with Crippen LogP contribution in [0.5, 0.6) is 0 Å². The zero-order chi connectivity index (χ0) is 21.9. The molecule has 5 heteroatoms. The van der Waals surface area contributed by atoms with E-state index in [1.54, 1.807) is 0 Å². The van der Waals surface area contributed by atoms with Crippen molar-refractivity contribution in [3.05, 3.63) is 66.4 Å². The molecule has 0 atom stereocenters. The molecule has 0 bridgehead atoms. The lowest BCUT2D eigenvalue weighted by Crippen LogP contribution is -2.31. The van der Waals surface area contributed by atoms with Crippen molar-refractivity contribution in [3.63, 3.8) is 0 Å². The maximum atomic E-state index is 4.88. The van der Waals surface area contributed by atoms with Gasteiger partial charge in [0.25, 0.3) is 0 Å². The van der Waals surface area contributed by atoms with Gasteiger partial charge < -0.3 is 20.5 Å². The minimum absolute atomic E-state index is 0.503. The van der Waals surface area contributed by atoms with E-state index in [9.17, 15) is 0 Å². The van der Waals surface area contributed by atoms with Crippen LogP contribution in [0.2, 0.25) is 0 Å². The Morgan fingerprint density at radius 3 is 2.53 bits per heavy atom. The van der Waals surface area contributed by atoms with Gasteiger partial charge in [-0.3, -0.25) is 0 Å². The van der Waals surface area contributed by atoms with Gasteiger partial charge in [0.15, 0.2) is 0 Å². The van der Waals surface area contributed by atoms with Crippen LogP contribution in [0.4, 0.5) is 11.5 Å². The number of anilines is 2. The van der Waals surface area contributed by atoms with E-state index in [-0.39, 0.29) is 0 Å². The summed E-state index contributed by atoms with van der Waals surface area (Å²) in [5.74, 6) is 1.74. The van der Waals surface area contributed by atoms with Crippen LogP contribution < -0.4 is 15.5 Å². The molecule has 0 aliphatic heterocycles. The highest BCUT2D eigenvalue weighted by Crippen LogP contribution is 2.30. The lowest BCUT2D eigenvalue weighted by molar-refractivity contribution is 0.324. The molecule has 32 heavy (non-hydrogen) atoms. The van der Waals surface area contributed by atoms with E-state index in [4.69, 9.17) is 4.98 Å². The van der Waals surface area contributed by atoms with Gasteiger partial charge in [-0.15, -0.1) is 0 Å². The normalized spacial score (nSPS) is 18.8. The van der Waals surface area contributed by atoms with Crippen LogP contribution in [-0.2, 0) is 6.54 Å². The van der Waals surface area contributed by atoms with Crippen LogP contribution in [0.1, 0.15) is 31.2 Å². The van der Waals surface area contributed by atoms with Gasteiger partial charge in [0.05, 0.1) is 5.52 Å². The number of para-hydroxylation sites is 2. The number of fused-ring (bicyclic) bond motifs is 2. The Balaban J connectivity index is 1.14. The first kappa shape index (κ1) is 20.8. The Labute approximate surface area is 190 Å². The molecule has 0 amide bonds. The second-order valence-corrected chi connectivity index (χ2v) is 9.29. The number of hydrogen-bond acceptors (Lipinski definition) is 4. The molecule has 0 saturated heterocycles. The summed E-state index contributed by atoms with van der Waals surface area (Å²) in [4.78, 5) is 10.4. The third-order valence-corrected chi connectivity index (χ3v) is 6.80. The maximum absolute atomic E-state index is 4.88. The van der Waals surface area contributed by atoms with Crippen molar-refractivity contribution in [2.45, 2.75) is 38.3 Å². The summed E-state index contributed by atoms with van der Waals surface area (Å²) in [5, 5.41) is 9.95. The minimum Gasteiger partial charge on any atom is -0.377 e. The summed E-state index contributed by atoms with van der Waals surface area (Å²) in [6.45, 7) is 2.02. The molecular weight excluding hydrogens is 394 g/mol. The summed E-state index contributed by atoms with van der Waals surface area (Å²) in [6.07, 6.45) is 7.05. The lowest BCUT2D eigenvalue weighted by Gasteiger charge is -2.30. The first-order valence-electron chi connectivity index (χ1n) is 11.8. The Kier molecular flexibility index (Phi) is 5.99. The Hall–Kier alpha value is -3.05.